The number of carbonyl (C=O) groups is 2. The van der Waals surface area contributed by atoms with Gasteiger partial charge in [0.2, 0.25) is 0 Å². The molecule has 27 heavy (non-hydrogen) atoms. The van der Waals surface area contributed by atoms with E-state index in [1.54, 1.807) is 37.3 Å². The summed E-state index contributed by atoms with van der Waals surface area (Å²) >= 11 is 0. The Morgan fingerprint density at radius 2 is 1.81 bits per heavy atom. The first-order valence-corrected chi connectivity index (χ1v) is 9.31. The zero-order valence-electron chi connectivity index (χ0n) is 15.3. The van der Waals surface area contributed by atoms with Crippen LogP contribution in [0.5, 0.6) is 0 Å². The predicted octanol–water partition coefficient (Wildman–Crippen LogP) is 2.84. The third-order valence-corrected chi connectivity index (χ3v) is 5.17. The predicted molar refractivity (Wildman–Crippen MR) is 102 cm³/mol. The first-order chi connectivity index (χ1) is 13.0. The lowest BCUT2D eigenvalue weighted by Gasteiger charge is -2.23. The van der Waals surface area contributed by atoms with Gasteiger partial charge in [0, 0.05) is 5.69 Å². The van der Waals surface area contributed by atoms with Crippen molar-refractivity contribution in [2.45, 2.75) is 45.1 Å². The Bertz CT molecular complexity index is 889. The molecule has 0 saturated carbocycles. The van der Waals surface area contributed by atoms with Crippen LogP contribution in [0, 0.1) is 5.92 Å². The minimum absolute atomic E-state index is 0.0363. The number of hydrogen-bond acceptors (Lipinski definition) is 3. The number of carboxylic acids is 1. The highest BCUT2D eigenvalue weighted by atomic mass is 16.4. The summed E-state index contributed by atoms with van der Waals surface area (Å²) in [5, 5.41) is 12.2. The van der Waals surface area contributed by atoms with Gasteiger partial charge >= 0.3 is 5.97 Å². The molecule has 2 aromatic rings. The number of benzene rings is 1. The van der Waals surface area contributed by atoms with Crippen LogP contribution in [0.2, 0.25) is 0 Å². The normalized spacial score (nSPS) is 15.9. The number of carboxylic acid groups (broad SMARTS) is 1. The van der Waals surface area contributed by atoms with Crippen LogP contribution in [0.4, 0.5) is 0 Å². The second-order valence-electron chi connectivity index (χ2n) is 7.07. The molecule has 1 aromatic carbocycles. The van der Waals surface area contributed by atoms with Crippen LogP contribution < -0.4 is 10.9 Å². The quantitative estimate of drug-likeness (QED) is 0.707. The van der Waals surface area contributed by atoms with Crippen molar-refractivity contribution in [3.8, 4) is 0 Å². The largest absolute Gasteiger partial charge is 0.481 e. The number of aliphatic carboxylic acids is 1. The Kier molecular flexibility index (Phi) is 5.74. The SMILES string of the molecule is CC(C(=O)O)C(NC(=O)c1cc2c([nH]c1=O)CCCCC2)c1ccccc1. The van der Waals surface area contributed by atoms with Crippen molar-refractivity contribution in [1.29, 1.82) is 0 Å². The lowest BCUT2D eigenvalue weighted by molar-refractivity contribution is -0.142. The number of aryl methyl sites for hydroxylation is 2. The highest BCUT2D eigenvalue weighted by molar-refractivity contribution is 5.94. The van der Waals surface area contributed by atoms with E-state index in [0.29, 0.717) is 5.56 Å². The summed E-state index contributed by atoms with van der Waals surface area (Å²) < 4.78 is 0. The van der Waals surface area contributed by atoms with E-state index in [9.17, 15) is 19.5 Å². The molecule has 1 heterocycles. The van der Waals surface area contributed by atoms with Crippen molar-refractivity contribution in [2.24, 2.45) is 5.92 Å². The summed E-state index contributed by atoms with van der Waals surface area (Å²) in [6.07, 6.45) is 4.81. The standard InChI is InChI=1S/C21H24N2O4/c1-13(21(26)27)18(14-8-4-2-5-9-14)23-20(25)16-12-15-10-6-3-7-11-17(15)22-19(16)24/h2,4-5,8-9,12-13,18H,3,6-7,10-11H2,1H3,(H,22,24)(H,23,25)(H,26,27). The van der Waals surface area contributed by atoms with Gasteiger partial charge in [-0.3, -0.25) is 14.4 Å². The van der Waals surface area contributed by atoms with Crippen LogP contribution >= 0.6 is 0 Å². The molecule has 6 heteroatoms. The van der Waals surface area contributed by atoms with Gasteiger partial charge in [0.25, 0.3) is 11.5 Å². The lowest BCUT2D eigenvalue weighted by atomic mass is 9.94. The molecule has 1 aliphatic rings. The zero-order valence-corrected chi connectivity index (χ0v) is 15.3. The number of fused-ring (bicyclic) bond motifs is 1. The number of rotatable bonds is 5. The van der Waals surface area contributed by atoms with Gasteiger partial charge in [-0.15, -0.1) is 0 Å². The summed E-state index contributed by atoms with van der Waals surface area (Å²) in [6.45, 7) is 1.54. The van der Waals surface area contributed by atoms with Crippen LogP contribution in [0.1, 0.15) is 59.4 Å². The van der Waals surface area contributed by atoms with E-state index in [0.717, 1.165) is 43.4 Å². The monoisotopic (exact) mass is 368 g/mol. The number of carbonyl (C=O) groups excluding carboxylic acids is 1. The Balaban J connectivity index is 1.91. The number of pyridine rings is 1. The third kappa shape index (κ3) is 4.27. The van der Waals surface area contributed by atoms with Crippen LogP contribution in [0.3, 0.4) is 0 Å². The molecule has 0 radical (unpaired) electrons. The van der Waals surface area contributed by atoms with Crippen molar-refractivity contribution >= 4 is 11.9 Å². The summed E-state index contributed by atoms with van der Waals surface area (Å²) in [5.41, 5.74) is 2.21. The molecule has 3 rings (SSSR count). The summed E-state index contributed by atoms with van der Waals surface area (Å²) in [7, 11) is 0. The summed E-state index contributed by atoms with van der Waals surface area (Å²) in [4.78, 5) is 39.6. The molecule has 2 unspecified atom stereocenters. The van der Waals surface area contributed by atoms with E-state index in [1.807, 2.05) is 6.07 Å². The molecule has 2 atom stereocenters. The van der Waals surface area contributed by atoms with Gasteiger partial charge < -0.3 is 15.4 Å². The van der Waals surface area contributed by atoms with Crippen molar-refractivity contribution in [1.82, 2.24) is 10.3 Å². The molecule has 0 aliphatic heterocycles. The maximum Gasteiger partial charge on any atom is 0.308 e. The smallest absolute Gasteiger partial charge is 0.308 e. The van der Waals surface area contributed by atoms with Crippen molar-refractivity contribution in [2.75, 3.05) is 0 Å². The number of hydrogen-bond donors (Lipinski definition) is 3. The molecular formula is C21H24N2O4. The van der Waals surface area contributed by atoms with Gasteiger partial charge in [0.1, 0.15) is 5.56 Å². The van der Waals surface area contributed by atoms with E-state index in [-0.39, 0.29) is 5.56 Å². The average molecular weight is 368 g/mol. The number of aromatic amines is 1. The number of H-pyrrole nitrogens is 1. The van der Waals surface area contributed by atoms with Crippen LogP contribution in [0.15, 0.2) is 41.2 Å². The Hall–Kier alpha value is -2.89. The Morgan fingerprint density at radius 3 is 2.52 bits per heavy atom. The van der Waals surface area contributed by atoms with Gasteiger partial charge in [0.15, 0.2) is 0 Å². The summed E-state index contributed by atoms with van der Waals surface area (Å²) in [6, 6.07) is 9.88. The number of amides is 1. The molecule has 1 amide bonds. The molecule has 0 spiro atoms. The second kappa shape index (κ2) is 8.20. The molecule has 0 saturated heterocycles. The molecule has 1 aliphatic carbocycles. The molecular weight excluding hydrogens is 344 g/mol. The fourth-order valence-electron chi connectivity index (χ4n) is 3.54. The first kappa shape index (κ1) is 18.9. The molecule has 142 valence electrons. The van der Waals surface area contributed by atoms with Crippen LogP contribution in [0.25, 0.3) is 0 Å². The van der Waals surface area contributed by atoms with Crippen molar-refractivity contribution in [3.63, 3.8) is 0 Å². The molecule has 6 nitrogen and oxygen atoms in total. The van der Waals surface area contributed by atoms with E-state index in [2.05, 4.69) is 10.3 Å². The van der Waals surface area contributed by atoms with Gasteiger partial charge in [0.05, 0.1) is 12.0 Å². The first-order valence-electron chi connectivity index (χ1n) is 9.31. The van der Waals surface area contributed by atoms with E-state index < -0.39 is 29.4 Å². The van der Waals surface area contributed by atoms with Crippen molar-refractivity contribution < 1.29 is 14.7 Å². The number of aromatic nitrogens is 1. The lowest BCUT2D eigenvalue weighted by Crippen LogP contribution is -2.38. The maximum atomic E-state index is 12.8. The second-order valence-corrected chi connectivity index (χ2v) is 7.07. The maximum absolute atomic E-state index is 12.8. The van der Waals surface area contributed by atoms with E-state index in [4.69, 9.17) is 0 Å². The van der Waals surface area contributed by atoms with Gasteiger partial charge in [-0.05, 0) is 49.8 Å². The molecule has 1 aromatic heterocycles. The third-order valence-electron chi connectivity index (χ3n) is 5.17. The van der Waals surface area contributed by atoms with Crippen LogP contribution in [-0.2, 0) is 17.6 Å². The van der Waals surface area contributed by atoms with Crippen molar-refractivity contribution in [3.05, 3.63) is 69.1 Å². The highest BCUT2D eigenvalue weighted by Gasteiger charge is 2.28. The van der Waals surface area contributed by atoms with E-state index in [1.165, 1.54) is 0 Å². The Morgan fingerprint density at radius 1 is 1.11 bits per heavy atom. The fraction of sp³-hybridized carbons (Fsp3) is 0.381. The average Bonchev–Trinajstić information content (AvgIpc) is 2.90. The van der Waals surface area contributed by atoms with Gasteiger partial charge in [-0.25, -0.2) is 0 Å². The topological polar surface area (TPSA) is 99.3 Å². The molecule has 3 N–H and O–H groups in total. The Labute approximate surface area is 157 Å². The summed E-state index contributed by atoms with van der Waals surface area (Å²) in [5.74, 6) is -2.40. The van der Waals surface area contributed by atoms with Gasteiger partial charge in [-0.2, -0.15) is 0 Å². The molecule has 0 bridgehead atoms. The molecule has 0 fully saturated rings. The van der Waals surface area contributed by atoms with E-state index >= 15 is 0 Å². The zero-order chi connectivity index (χ0) is 19.4. The minimum Gasteiger partial charge on any atom is -0.481 e. The van der Waals surface area contributed by atoms with Crippen LogP contribution in [-0.4, -0.2) is 22.0 Å². The minimum atomic E-state index is -1.01. The number of nitrogens with one attached hydrogen (secondary N) is 2. The van der Waals surface area contributed by atoms with Gasteiger partial charge in [-0.1, -0.05) is 36.8 Å². The fourth-order valence-corrected chi connectivity index (χ4v) is 3.54. The highest BCUT2D eigenvalue weighted by Crippen LogP contribution is 2.23.